The molecule has 0 aliphatic heterocycles. The quantitative estimate of drug-likeness (QED) is 0.373. The fraction of sp³-hybridized carbons (Fsp3) is 0.211. The second-order valence-corrected chi connectivity index (χ2v) is 7.97. The minimum absolute atomic E-state index is 0.0285. The molecule has 2 aromatic heterocycles. The van der Waals surface area contributed by atoms with Crippen LogP contribution in [0.1, 0.15) is 23.0 Å². The van der Waals surface area contributed by atoms with Crippen LogP contribution in [0.25, 0.3) is 11.3 Å². The molecule has 1 atom stereocenters. The summed E-state index contributed by atoms with van der Waals surface area (Å²) in [6.45, 7) is 2.40. The van der Waals surface area contributed by atoms with Gasteiger partial charge in [-0.2, -0.15) is 10.3 Å². The highest BCUT2D eigenvalue weighted by Crippen LogP contribution is 2.32. The van der Waals surface area contributed by atoms with E-state index in [0.29, 0.717) is 23.0 Å². The Morgan fingerprint density at radius 3 is 2.58 bits per heavy atom. The molecule has 2 heterocycles. The Labute approximate surface area is 195 Å². The lowest BCUT2D eigenvalue weighted by molar-refractivity contribution is -0.991. The molecule has 31 heavy (non-hydrogen) atoms. The first-order valence-corrected chi connectivity index (χ1v) is 10.5. The Hall–Kier alpha value is -2.21. The SMILES string of the molecule is CCn1c(Cn2ccc(Cl)n2)c(Br)c(=O)c(C(=O)OC)c1-c1ccc([NH+]([O-])O)c(Cl)c1. The number of nitrogens with zero attached hydrogens (tertiary/aromatic N) is 3. The van der Waals surface area contributed by atoms with Gasteiger partial charge in [-0.1, -0.05) is 23.2 Å². The van der Waals surface area contributed by atoms with Crippen LogP contribution < -0.4 is 10.7 Å². The van der Waals surface area contributed by atoms with E-state index in [1.807, 2.05) is 6.92 Å². The van der Waals surface area contributed by atoms with Crippen LogP contribution in [-0.2, 0) is 17.8 Å². The topological polar surface area (TPSA) is 114 Å². The molecule has 1 aromatic carbocycles. The van der Waals surface area contributed by atoms with Gasteiger partial charge in [0, 0.05) is 24.4 Å². The van der Waals surface area contributed by atoms with Crippen molar-refractivity contribution in [2.75, 3.05) is 7.11 Å². The summed E-state index contributed by atoms with van der Waals surface area (Å²) in [5.41, 5.74) is 0.319. The van der Waals surface area contributed by atoms with E-state index < -0.39 is 16.6 Å². The zero-order chi connectivity index (χ0) is 22.9. The second-order valence-electron chi connectivity index (χ2n) is 6.39. The van der Waals surface area contributed by atoms with E-state index in [9.17, 15) is 20.0 Å². The number of benzene rings is 1. The highest BCUT2D eigenvalue weighted by atomic mass is 79.9. The van der Waals surface area contributed by atoms with E-state index in [-0.39, 0.29) is 33.0 Å². The number of aromatic nitrogens is 3. The van der Waals surface area contributed by atoms with Gasteiger partial charge in [-0.3, -0.25) is 9.48 Å². The van der Waals surface area contributed by atoms with Crippen LogP contribution >= 0.6 is 39.1 Å². The van der Waals surface area contributed by atoms with Gasteiger partial charge in [0.1, 0.15) is 10.6 Å². The van der Waals surface area contributed by atoms with Crippen LogP contribution in [0.5, 0.6) is 0 Å². The minimum atomic E-state index is -1.19. The number of pyridine rings is 1. The summed E-state index contributed by atoms with van der Waals surface area (Å²) in [6.07, 6.45) is 1.66. The maximum absolute atomic E-state index is 13.2. The van der Waals surface area contributed by atoms with Gasteiger partial charge in [-0.25, -0.2) is 10.0 Å². The Bertz CT molecular complexity index is 1210. The third kappa shape index (κ3) is 4.54. The molecule has 9 nitrogen and oxygen atoms in total. The maximum Gasteiger partial charge on any atom is 0.344 e. The number of ether oxygens (including phenoxy) is 1. The van der Waals surface area contributed by atoms with Crippen LogP contribution in [0.4, 0.5) is 5.69 Å². The second kappa shape index (κ2) is 9.51. The first-order chi connectivity index (χ1) is 14.7. The molecule has 0 saturated heterocycles. The Balaban J connectivity index is 2.35. The molecule has 0 spiro atoms. The predicted molar refractivity (Wildman–Crippen MR) is 118 cm³/mol. The van der Waals surface area contributed by atoms with Gasteiger partial charge in [0.05, 0.1) is 29.5 Å². The van der Waals surface area contributed by atoms with Crippen LogP contribution in [0.2, 0.25) is 10.2 Å². The molecule has 12 heteroatoms. The molecule has 3 rings (SSSR count). The van der Waals surface area contributed by atoms with E-state index in [2.05, 4.69) is 21.0 Å². The fourth-order valence-electron chi connectivity index (χ4n) is 3.25. The summed E-state index contributed by atoms with van der Waals surface area (Å²) < 4.78 is 8.33. The first kappa shape index (κ1) is 23.5. The number of esters is 1. The van der Waals surface area contributed by atoms with Gasteiger partial charge in [0.25, 0.3) is 0 Å². The zero-order valence-corrected chi connectivity index (χ0v) is 19.5. The van der Waals surface area contributed by atoms with Gasteiger partial charge in [0.2, 0.25) is 5.43 Å². The van der Waals surface area contributed by atoms with Crippen molar-refractivity contribution in [3.8, 4) is 11.3 Å². The van der Waals surface area contributed by atoms with E-state index in [4.69, 9.17) is 27.9 Å². The lowest BCUT2D eigenvalue weighted by Gasteiger charge is -2.22. The van der Waals surface area contributed by atoms with Crippen LogP contribution in [0, 0.1) is 5.21 Å². The van der Waals surface area contributed by atoms with E-state index >= 15 is 0 Å². The van der Waals surface area contributed by atoms with E-state index in [1.54, 1.807) is 21.5 Å². The first-order valence-electron chi connectivity index (χ1n) is 8.95. The summed E-state index contributed by atoms with van der Waals surface area (Å²) in [4.78, 5) is 25.7. The maximum atomic E-state index is 13.2. The third-order valence-electron chi connectivity index (χ3n) is 4.61. The van der Waals surface area contributed by atoms with Crippen molar-refractivity contribution in [3.63, 3.8) is 0 Å². The Morgan fingerprint density at radius 1 is 1.35 bits per heavy atom. The summed E-state index contributed by atoms with van der Waals surface area (Å²) >= 11 is 15.4. The molecule has 0 aliphatic carbocycles. The molecule has 0 fully saturated rings. The predicted octanol–water partition coefficient (Wildman–Crippen LogP) is 3.04. The molecule has 2 N–H and O–H groups in total. The van der Waals surface area contributed by atoms with Gasteiger partial charge in [-0.05, 0) is 41.1 Å². The molecule has 0 radical (unpaired) electrons. The number of nitrogens with one attached hydrogen (secondary N) is 1. The van der Waals surface area contributed by atoms with Crippen LogP contribution in [-0.4, -0.2) is 32.6 Å². The van der Waals surface area contributed by atoms with Crippen molar-refractivity contribution in [1.29, 1.82) is 0 Å². The third-order valence-corrected chi connectivity index (χ3v) is 5.94. The summed E-state index contributed by atoms with van der Waals surface area (Å²) in [5.74, 6) is -0.824. The standard InChI is InChI=1S/C19H17BrCl2N4O5/c1-3-25-13(9-24-7-6-14(22)23-24)16(20)18(27)15(19(28)31-2)17(25)10-4-5-12(26(29)30)11(21)8-10/h4-8,26,29H,3,9H2,1-2H3. The largest absolute Gasteiger partial charge is 0.595 e. The fourth-order valence-corrected chi connectivity index (χ4v) is 4.20. The van der Waals surface area contributed by atoms with Gasteiger partial charge < -0.3 is 14.5 Å². The molecule has 3 aromatic rings. The summed E-state index contributed by atoms with van der Waals surface area (Å²) in [6, 6.07) is 5.82. The van der Waals surface area contributed by atoms with Crippen molar-refractivity contribution in [2.24, 2.45) is 0 Å². The Morgan fingerprint density at radius 2 is 2.06 bits per heavy atom. The number of carbonyl (C=O) groups excluding carboxylic acids is 1. The van der Waals surface area contributed by atoms with E-state index in [1.165, 1.54) is 25.3 Å². The number of rotatable bonds is 6. The number of hydrogen-bond donors (Lipinski definition) is 2. The van der Waals surface area contributed by atoms with Crippen LogP contribution in [0.3, 0.4) is 0 Å². The normalized spacial score (nSPS) is 12.1. The lowest BCUT2D eigenvalue weighted by Crippen LogP contribution is -2.99. The summed E-state index contributed by atoms with van der Waals surface area (Å²) in [5, 5.41) is 23.8. The van der Waals surface area contributed by atoms with Crippen molar-refractivity contribution in [2.45, 2.75) is 20.0 Å². The van der Waals surface area contributed by atoms with Crippen molar-refractivity contribution in [3.05, 3.63) is 71.8 Å². The van der Waals surface area contributed by atoms with Gasteiger partial charge in [-0.15, -0.1) is 0 Å². The monoisotopic (exact) mass is 530 g/mol. The zero-order valence-electron chi connectivity index (χ0n) is 16.4. The number of halogens is 3. The van der Waals surface area contributed by atoms with Crippen molar-refractivity contribution in [1.82, 2.24) is 14.3 Å². The average molecular weight is 532 g/mol. The molecule has 164 valence electrons. The average Bonchev–Trinajstić information content (AvgIpc) is 3.15. The van der Waals surface area contributed by atoms with E-state index in [0.717, 1.165) is 0 Å². The molecular formula is C19H17BrCl2N4O5. The molecule has 0 aliphatic rings. The highest BCUT2D eigenvalue weighted by molar-refractivity contribution is 9.10. The molecular weight excluding hydrogens is 515 g/mol. The molecule has 0 bridgehead atoms. The lowest BCUT2D eigenvalue weighted by atomic mass is 10.0. The van der Waals surface area contributed by atoms with Crippen LogP contribution in [0.15, 0.2) is 39.7 Å². The molecule has 0 saturated carbocycles. The highest BCUT2D eigenvalue weighted by Gasteiger charge is 2.27. The smallest absolute Gasteiger partial charge is 0.344 e. The molecule has 1 unspecified atom stereocenters. The number of quaternary nitrogens is 1. The Kier molecular flexibility index (Phi) is 7.20. The van der Waals surface area contributed by atoms with Crippen molar-refractivity contribution < 1.29 is 20.0 Å². The molecule has 0 amide bonds. The minimum Gasteiger partial charge on any atom is -0.595 e. The van der Waals surface area contributed by atoms with Gasteiger partial charge >= 0.3 is 5.97 Å². The van der Waals surface area contributed by atoms with Gasteiger partial charge in [0.15, 0.2) is 10.8 Å². The number of methoxy groups -OCH3 is 1. The number of hydrogen-bond acceptors (Lipinski definition) is 6. The van der Waals surface area contributed by atoms with Crippen molar-refractivity contribution >= 4 is 50.8 Å². The number of carbonyl (C=O) groups is 1. The summed E-state index contributed by atoms with van der Waals surface area (Å²) in [7, 11) is 1.18.